The van der Waals surface area contributed by atoms with Crippen LogP contribution in [0.1, 0.15) is 46.2 Å². The summed E-state index contributed by atoms with van der Waals surface area (Å²) in [7, 11) is -1.18. The van der Waals surface area contributed by atoms with Crippen LogP contribution < -0.4 is 25.3 Å². The molecule has 0 fully saturated rings. The number of benzene rings is 3. The van der Waals surface area contributed by atoms with Crippen molar-refractivity contribution in [2.75, 3.05) is 18.6 Å². The maximum absolute atomic E-state index is 14.0. The molecule has 3 aromatic carbocycles. The van der Waals surface area contributed by atoms with Crippen LogP contribution in [-0.4, -0.2) is 44.1 Å². The van der Waals surface area contributed by atoms with Crippen LogP contribution in [0.4, 0.5) is 10.5 Å². The quantitative estimate of drug-likeness (QED) is 0.115. The summed E-state index contributed by atoms with van der Waals surface area (Å²) in [6.45, 7) is 10.8. The van der Waals surface area contributed by atoms with Gasteiger partial charge in [0.25, 0.3) is 8.32 Å². The number of methoxy groups -OCH3 is 1. The molecule has 7 nitrogen and oxygen atoms in total. The first-order chi connectivity index (χ1) is 20.5. The minimum atomic E-state index is -2.78. The fourth-order valence-electron chi connectivity index (χ4n) is 5.36. The Morgan fingerprint density at radius 2 is 1.49 bits per heavy atom. The summed E-state index contributed by atoms with van der Waals surface area (Å²) in [5, 5.41) is 5.55. The van der Waals surface area contributed by atoms with Gasteiger partial charge in [-0.15, -0.1) is 0 Å². The van der Waals surface area contributed by atoms with Crippen molar-refractivity contribution < 1.29 is 14.0 Å². The van der Waals surface area contributed by atoms with Crippen LogP contribution in [-0.2, 0) is 4.43 Å². The van der Waals surface area contributed by atoms with Crippen LogP contribution >= 0.6 is 23.2 Å². The average molecular weight is 638 g/mol. The molecule has 1 heterocycles. The van der Waals surface area contributed by atoms with Gasteiger partial charge in [-0.25, -0.2) is 14.8 Å². The molecular formula is C33H38Cl2N4O3Si. The highest BCUT2D eigenvalue weighted by molar-refractivity contribution is 6.99. The Balaban J connectivity index is 1.64. The summed E-state index contributed by atoms with van der Waals surface area (Å²) in [5.41, 5.74) is 1.21. The zero-order valence-corrected chi connectivity index (χ0v) is 27.9. The van der Waals surface area contributed by atoms with Crippen LogP contribution in [0.2, 0.25) is 15.5 Å². The fraction of sp³-hybridized carbons (Fsp3) is 0.303. The number of halogens is 2. The van der Waals surface area contributed by atoms with Crippen LogP contribution in [0.3, 0.4) is 0 Å². The Labute approximate surface area is 265 Å². The summed E-state index contributed by atoms with van der Waals surface area (Å²) < 4.78 is 12.4. The molecule has 1 aromatic heterocycles. The maximum Gasteiger partial charge on any atom is 0.322 e. The monoisotopic (exact) mass is 636 g/mol. The molecule has 0 saturated heterocycles. The number of hydrogen-bond donors (Lipinski definition) is 1. The Bertz CT molecular complexity index is 1460. The van der Waals surface area contributed by atoms with Crippen LogP contribution in [0.15, 0.2) is 91.1 Å². The van der Waals surface area contributed by atoms with E-state index in [1.54, 1.807) is 30.3 Å². The molecule has 226 valence electrons. The summed E-state index contributed by atoms with van der Waals surface area (Å²) >= 11 is 12.4. The van der Waals surface area contributed by atoms with Gasteiger partial charge in [-0.05, 0) is 65.1 Å². The number of anilines is 1. The van der Waals surface area contributed by atoms with Gasteiger partial charge in [-0.2, -0.15) is 0 Å². The van der Waals surface area contributed by atoms with Crippen LogP contribution in [0.5, 0.6) is 5.75 Å². The highest BCUT2D eigenvalue weighted by Gasteiger charge is 2.50. The molecule has 0 aliphatic rings. The Hall–Kier alpha value is -3.43. The lowest BCUT2D eigenvalue weighted by Crippen LogP contribution is -2.67. The standard InChI is InChI=1S/C33H38Cl2N4O3Si/c1-23(22-42-43(33(3,4)5,27-13-9-7-10-14-27)28-15-11-8-12-16-28)37-32(40)39(25-17-19-26(41-6)20-18-25)24(2)29-21-36-31(35)38-30(29)34/h7-21,23-24H,22H2,1-6H3,(H,37,40)/t23-,24+/m1/s1. The zero-order chi connectivity index (χ0) is 31.2. The number of carbonyl (C=O) groups is 1. The molecule has 0 aliphatic carbocycles. The van der Waals surface area contributed by atoms with E-state index < -0.39 is 14.4 Å². The van der Waals surface area contributed by atoms with E-state index in [9.17, 15) is 4.79 Å². The highest BCUT2D eigenvalue weighted by atomic mass is 35.5. The van der Waals surface area contributed by atoms with Gasteiger partial charge in [-0.1, -0.05) is 93.0 Å². The second kappa shape index (κ2) is 13.9. The SMILES string of the molecule is COc1ccc(N(C(=O)N[C@H](C)CO[Si](c2ccccc2)(c2ccccc2)C(C)(C)C)[C@@H](C)c2cnc(Cl)nc2Cl)cc1. The predicted molar refractivity (Wildman–Crippen MR) is 178 cm³/mol. The van der Waals surface area contributed by atoms with Gasteiger partial charge in [0.2, 0.25) is 5.28 Å². The summed E-state index contributed by atoms with van der Waals surface area (Å²) in [5.74, 6) is 0.677. The van der Waals surface area contributed by atoms with Gasteiger partial charge in [0, 0.05) is 23.5 Å². The highest BCUT2D eigenvalue weighted by Crippen LogP contribution is 2.37. The summed E-state index contributed by atoms with van der Waals surface area (Å²) in [4.78, 5) is 23.8. The van der Waals surface area contributed by atoms with Crippen molar-refractivity contribution in [2.45, 2.75) is 51.7 Å². The molecule has 10 heteroatoms. The number of nitrogens with zero attached hydrogens (tertiary/aromatic N) is 3. The lowest BCUT2D eigenvalue weighted by molar-refractivity contribution is 0.226. The molecule has 0 unspecified atom stereocenters. The van der Waals surface area contributed by atoms with Gasteiger partial charge >= 0.3 is 6.03 Å². The molecule has 0 spiro atoms. The minimum absolute atomic E-state index is 0.0375. The molecule has 4 rings (SSSR count). The molecule has 2 atom stereocenters. The molecule has 0 aliphatic heterocycles. The number of nitrogens with one attached hydrogen (secondary N) is 1. The van der Waals surface area contributed by atoms with E-state index in [4.69, 9.17) is 32.4 Å². The van der Waals surface area contributed by atoms with Gasteiger partial charge in [0.15, 0.2) is 0 Å². The Morgan fingerprint density at radius 3 is 1.98 bits per heavy atom. The zero-order valence-electron chi connectivity index (χ0n) is 25.3. The fourth-order valence-corrected chi connectivity index (χ4v) is 10.5. The number of aromatic nitrogens is 2. The van der Waals surface area contributed by atoms with Gasteiger partial charge < -0.3 is 14.5 Å². The van der Waals surface area contributed by atoms with Crippen molar-refractivity contribution in [3.63, 3.8) is 0 Å². The third-order valence-electron chi connectivity index (χ3n) is 7.48. The molecule has 0 saturated carbocycles. The van der Waals surface area contributed by atoms with E-state index in [0.29, 0.717) is 23.6 Å². The van der Waals surface area contributed by atoms with Gasteiger partial charge in [0.05, 0.1) is 19.8 Å². The number of rotatable bonds is 10. The average Bonchev–Trinajstić information content (AvgIpc) is 2.98. The van der Waals surface area contributed by atoms with Gasteiger partial charge in [-0.3, -0.25) is 4.90 Å². The second-order valence-corrected chi connectivity index (χ2v) is 16.5. The maximum atomic E-state index is 14.0. The third-order valence-corrected chi connectivity index (χ3v) is 13.0. The smallest absolute Gasteiger partial charge is 0.322 e. The lowest BCUT2D eigenvalue weighted by Gasteiger charge is -2.43. The first-order valence-corrected chi connectivity index (χ1v) is 16.8. The lowest BCUT2D eigenvalue weighted by atomic mass is 10.1. The topological polar surface area (TPSA) is 76.6 Å². The van der Waals surface area contributed by atoms with Crippen molar-refractivity contribution in [1.29, 1.82) is 0 Å². The molecular weight excluding hydrogens is 599 g/mol. The normalized spacial score (nSPS) is 13.2. The van der Waals surface area contributed by atoms with Crippen molar-refractivity contribution in [2.24, 2.45) is 0 Å². The van der Waals surface area contributed by atoms with E-state index in [-0.39, 0.29) is 27.5 Å². The number of urea groups is 1. The third kappa shape index (κ3) is 7.21. The largest absolute Gasteiger partial charge is 0.497 e. The summed E-state index contributed by atoms with van der Waals surface area (Å²) in [6.07, 6.45) is 1.54. The van der Waals surface area contributed by atoms with Crippen molar-refractivity contribution in [3.05, 3.63) is 107 Å². The molecule has 43 heavy (non-hydrogen) atoms. The first-order valence-electron chi connectivity index (χ1n) is 14.1. The number of amides is 2. The minimum Gasteiger partial charge on any atom is -0.497 e. The first kappa shape index (κ1) is 32.5. The Morgan fingerprint density at radius 1 is 0.930 bits per heavy atom. The number of carbonyl (C=O) groups excluding carboxylic acids is 1. The number of ether oxygens (including phenoxy) is 1. The van der Waals surface area contributed by atoms with Crippen LogP contribution in [0, 0.1) is 0 Å². The van der Waals surface area contributed by atoms with Crippen molar-refractivity contribution in [1.82, 2.24) is 15.3 Å². The van der Waals surface area contributed by atoms with Crippen LogP contribution in [0.25, 0.3) is 0 Å². The molecule has 0 radical (unpaired) electrons. The molecule has 0 bridgehead atoms. The molecule has 4 aromatic rings. The van der Waals surface area contributed by atoms with E-state index in [1.807, 2.05) is 38.1 Å². The van der Waals surface area contributed by atoms with Crippen molar-refractivity contribution in [3.8, 4) is 5.75 Å². The number of hydrogen-bond acceptors (Lipinski definition) is 5. The Kier molecular flexibility index (Phi) is 10.5. The predicted octanol–water partition coefficient (Wildman–Crippen LogP) is 7.03. The van der Waals surface area contributed by atoms with E-state index in [2.05, 4.69) is 84.6 Å². The van der Waals surface area contributed by atoms with E-state index in [0.717, 1.165) is 0 Å². The van der Waals surface area contributed by atoms with E-state index >= 15 is 0 Å². The van der Waals surface area contributed by atoms with Crippen molar-refractivity contribution >= 4 is 53.6 Å². The molecule has 1 N–H and O–H groups in total. The second-order valence-electron chi connectivity index (χ2n) is 11.5. The summed E-state index contributed by atoms with van der Waals surface area (Å²) in [6, 6.07) is 27.0. The van der Waals surface area contributed by atoms with Gasteiger partial charge in [0.1, 0.15) is 10.9 Å². The molecule has 2 amide bonds. The van der Waals surface area contributed by atoms with E-state index in [1.165, 1.54) is 10.4 Å².